The van der Waals surface area contributed by atoms with E-state index >= 15 is 0 Å². The Kier molecular flexibility index (Phi) is 4.99. The summed E-state index contributed by atoms with van der Waals surface area (Å²) in [6, 6.07) is 7.80. The van der Waals surface area contributed by atoms with Crippen molar-refractivity contribution >= 4 is 0 Å². The Balaban J connectivity index is 1.99. The monoisotopic (exact) mass is 273 g/mol. The fraction of sp³-hybridized carbons (Fsp3) is 0.562. The molecule has 2 rings (SSSR count). The lowest BCUT2D eigenvalue weighted by molar-refractivity contribution is 0.263. The van der Waals surface area contributed by atoms with Gasteiger partial charge in [0.2, 0.25) is 0 Å². The first-order valence-corrected chi connectivity index (χ1v) is 7.06. The van der Waals surface area contributed by atoms with E-state index in [2.05, 4.69) is 30.0 Å². The Bertz CT molecular complexity index is 495. The summed E-state index contributed by atoms with van der Waals surface area (Å²) in [5.41, 5.74) is 1.77. The normalized spacial score (nSPS) is 19.2. The van der Waals surface area contributed by atoms with Gasteiger partial charge in [0.15, 0.2) is 0 Å². The third-order valence-corrected chi connectivity index (χ3v) is 3.91. The molecule has 1 fully saturated rings. The Hall–Kier alpha value is -1.57. The lowest BCUT2D eigenvalue weighted by Crippen LogP contribution is -2.27. The van der Waals surface area contributed by atoms with Crippen molar-refractivity contribution in [2.75, 3.05) is 40.8 Å². The molecule has 0 bridgehead atoms. The highest BCUT2D eigenvalue weighted by Gasteiger charge is 2.21. The molecule has 0 aromatic heterocycles. The zero-order chi connectivity index (χ0) is 14.5. The molecule has 1 saturated heterocycles. The van der Waals surface area contributed by atoms with Crippen molar-refractivity contribution in [2.24, 2.45) is 5.92 Å². The van der Waals surface area contributed by atoms with E-state index < -0.39 is 0 Å². The summed E-state index contributed by atoms with van der Waals surface area (Å²) in [7, 11) is 5.99. The molecule has 108 valence electrons. The average molecular weight is 273 g/mol. The van der Waals surface area contributed by atoms with Gasteiger partial charge in [0.05, 0.1) is 18.7 Å². The first kappa shape index (κ1) is 14.8. The van der Waals surface area contributed by atoms with Crippen LogP contribution in [0.25, 0.3) is 0 Å². The summed E-state index contributed by atoms with van der Waals surface area (Å²) < 4.78 is 5.39. The van der Waals surface area contributed by atoms with Gasteiger partial charge in [-0.05, 0) is 51.2 Å². The zero-order valence-corrected chi connectivity index (χ0v) is 12.6. The molecule has 0 saturated carbocycles. The Morgan fingerprint density at radius 1 is 1.50 bits per heavy atom. The maximum absolute atomic E-state index is 9.01. The number of rotatable bonds is 5. The molecule has 0 spiro atoms. The van der Waals surface area contributed by atoms with Gasteiger partial charge in [0.1, 0.15) is 5.75 Å². The number of nitrogens with zero attached hydrogens (tertiary/aromatic N) is 3. The quantitative estimate of drug-likeness (QED) is 0.822. The largest absolute Gasteiger partial charge is 0.496 e. The van der Waals surface area contributed by atoms with E-state index in [1.807, 2.05) is 12.1 Å². The maximum atomic E-state index is 9.01. The van der Waals surface area contributed by atoms with Gasteiger partial charge >= 0.3 is 0 Å². The van der Waals surface area contributed by atoms with Crippen LogP contribution >= 0.6 is 0 Å². The number of hydrogen-bond acceptors (Lipinski definition) is 4. The van der Waals surface area contributed by atoms with Crippen molar-refractivity contribution in [3.63, 3.8) is 0 Å². The minimum Gasteiger partial charge on any atom is -0.496 e. The van der Waals surface area contributed by atoms with Crippen LogP contribution in [0.15, 0.2) is 18.2 Å². The number of hydrogen-bond donors (Lipinski definition) is 0. The molecule has 4 nitrogen and oxygen atoms in total. The first-order valence-electron chi connectivity index (χ1n) is 7.06. The molecular weight excluding hydrogens is 250 g/mol. The van der Waals surface area contributed by atoms with Gasteiger partial charge in [0, 0.05) is 25.2 Å². The van der Waals surface area contributed by atoms with Crippen LogP contribution < -0.4 is 4.74 Å². The lowest BCUT2D eigenvalue weighted by atomic mass is 10.1. The number of ether oxygens (including phenoxy) is 1. The van der Waals surface area contributed by atoms with Gasteiger partial charge in [-0.1, -0.05) is 0 Å². The molecule has 0 aliphatic carbocycles. The molecule has 1 aliphatic heterocycles. The van der Waals surface area contributed by atoms with Gasteiger partial charge in [-0.15, -0.1) is 0 Å². The third kappa shape index (κ3) is 3.72. The van der Waals surface area contributed by atoms with E-state index in [0.717, 1.165) is 30.3 Å². The number of likely N-dealkylation sites (tertiary alicyclic amines) is 1. The number of nitriles is 1. The molecule has 20 heavy (non-hydrogen) atoms. The van der Waals surface area contributed by atoms with Crippen molar-refractivity contribution in [3.8, 4) is 11.8 Å². The van der Waals surface area contributed by atoms with Gasteiger partial charge in [-0.3, -0.25) is 0 Å². The zero-order valence-electron chi connectivity index (χ0n) is 12.6. The predicted octanol–water partition coefficient (Wildman–Crippen LogP) is 1.95. The Morgan fingerprint density at radius 2 is 2.30 bits per heavy atom. The summed E-state index contributed by atoms with van der Waals surface area (Å²) >= 11 is 0. The third-order valence-electron chi connectivity index (χ3n) is 3.91. The SMILES string of the molecule is COc1ccc(C#N)cc1CN(C)CC1CCN(C)C1. The van der Waals surface area contributed by atoms with Crippen LogP contribution in [0.3, 0.4) is 0 Å². The molecule has 4 heteroatoms. The molecule has 0 N–H and O–H groups in total. The highest BCUT2D eigenvalue weighted by Crippen LogP contribution is 2.22. The van der Waals surface area contributed by atoms with Gasteiger partial charge in [-0.2, -0.15) is 5.26 Å². The van der Waals surface area contributed by atoms with Gasteiger partial charge < -0.3 is 14.5 Å². The van der Waals surface area contributed by atoms with Crippen molar-refractivity contribution in [3.05, 3.63) is 29.3 Å². The summed E-state index contributed by atoms with van der Waals surface area (Å²) in [6.45, 7) is 4.29. The summed E-state index contributed by atoms with van der Waals surface area (Å²) in [4.78, 5) is 4.71. The standard InChI is InChI=1S/C16H23N3O/c1-18-7-6-14(10-18)11-19(2)12-15-8-13(9-17)4-5-16(15)20-3/h4-5,8,14H,6-7,10-12H2,1-3H3. The topological polar surface area (TPSA) is 39.5 Å². The van der Waals surface area contributed by atoms with Crippen LogP contribution in [-0.2, 0) is 6.54 Å². The highest BCUT2D eigenvalue weighted by molar-refractivity contribution is 5.42. The van der Waals surface area contributed by atoms with Gasteiger partial charge in [0.25, 0.3) is 0 Å². The van der Waals surface area contributed by atoms with Crippen LogP contribution in [0, 0.1) is 17.2 Å². The van der Waals surface area contributed by atoms with Crippen LogP contribution in [0.1, 0.15) is 17.5 Å². The summed E-state index contributed by atoms with van der Waals surface area (Å²) in [5.74, 6) is 1.61. The molecule has 1 unspecified atom stereocenters. The minimum absolute atomic E-state index is 0.690. The second-order valence-electron chi connectivity index (χ2n) is 5.75. The van der Waals surface area contributed by atoms with E-state index in [0.29, 0.717) is 5.56 Å². The fourth-order valence-electron chi connectivity index (χ4n) is 2.94. The molecule has 1 heterocycles. The molecule has 0 radical (unpaired) electrons. The van der Waals surface area contributed by atoms with Crippen molar-refractivity contribution in [2.45, 2.75) is 13.0 Å². The molecule has 1 aliphatic rings. The van der Waals surface area contributed by atoms with E-state index in [1.165, 1.54) is 19.5 Å². The predicted molar refractivity (Wildman–Crippen MR) is 79.6 cm³/mol. The average Bonchev–Trinajstić information content (AvgIpc) is 2.83. The molecule has 1 aromatic carbocycles. The maximum Gasteiger partial charge on any atom is 0.123 e. The highest BCUT2D eigenvalue weighted by atomic mass is 16.5. The molecule has 1 aromatic rings. The Morgan fingerprint density at radius 3 is 2.90 bits per heavy atom. The van der Waals surface area contributed by atoms with Crippen LogP contribution in [0.5, 0.6) is 5.75 Å². The van der Waals surface area contributed by atoms with Crippen LogP contribution in [0.4, 0.5) is 0 Å². The fourth-order valence-corrected chi connectivity index (χ4v) is 2.94. The Labute approximate surface area is 121 Å². The first-order chi connectivity index (χ1) is 9.62. The molecule has 0 amide bonds. The second-order valence-corrected chi connectivity index (χ2v) is 5.75. The minimum atomic E-state index is 0.690. The van der Waals surface area contributed by atoms with Crippen molar-refractivity contribution in [1.82, 2.24) is 9.80 Å². The van der Waals surface area contributed by atoms with Crippen LogP contribution in [0.2, 0.25) is 0 Å². The van der Waals surface area contributed by atoms with Crippen LogP contribution in [-0.4, -0.2) is 50.6 Å². The lowest BCUT2D eigenvalue weighted by Gasteiger charge is -2.22. The van der Waals surface area contributed by atoms with E-state index in [1.54, 1.807) is 13.2 Å². The van der Waals surface area contributed by atoms with Crippen molar-refractivity contribution in [1.29, 1.82) is 5.26 Å². The molecular formula is C16H23N3O. The number of benzene rings is 1. The van der Waals surface area contributed by atoms with E-state index in [4.69, 9.17) is 10.00 Å². The molecule has 1 atom stereocenters. The summed E-state index contributed by atoms with van der Waals surface area (Å²) in [6.07, 6.45) is 1.27. The summed E-state index contributed by atoms with van der Waals surface area (Å²) in [5, 5.41) is 9.01. The van der Waals surface area contributed by atoms with E-state index in [9.17, 15) is 0 Å². The smallest absolute Gasteiger partial charge is 0.123 e. The number of methoxy groups -OCH3 is 1. The van der Waals surface area contributed by atoms with Crippen molar-refractivity contribution < 1.29 is 4.74 Å². The van der Waals surface area contributed by atoms with Gasteiger partial charge in [-0.25, -0.2) is 0 Å². The van der Waals surface area contributed by atoms with E-state index in [-0.39, 0.29) is 0 Å². The second kappa shape index (κ2) is 6.74.